The molecule has 0 aliphatic carbocycles. The molecule has 1 saturated heterocycles. The number of fused-ring (bicyclic) bond motifs is 1. The van der Waals surface area contributed by atoms with E-state index in [1.807, 2.05) is 30.5 Å². The van der Waals surface area contributed by atoms with Gasteiger partial charge in [-0.05, 0) is 41.3 Å². The van der Waals surface area contributed by atoms with Crippen molar-refractivity contribution in [1.29, 1.82) is 0 Å². The lowest BCUT2D eigenvalue weighted by atomic mass is 9.94. The number of hydrogen-bond acceptors (Lipinski definition) is 5. The molecule has 4 aromatic rings. The Morgan fingerprint density at radius 2 is 1.90 bits per heavy atom. The summed E-state index contributed by atoms with van der Waals surface area (Å²) in [6.45, 7) is 4.65. The van der Waals surface area contributed by atoms with Crippen molar-refractivity contribution in [3.8, 4) is 28.1 Å². The Balaban J connectivity index is 1.56. The number of hydrogen-bond donors (Lipinski definition) is 1. The summed E-state index contributed by atoms with van der Waals surface area (Å²) in [5.41, 5.74) is 5.74. The van der Waals surface area contributed by atoms with Crippen LogP contribution in [0.5, 0.6) is 5.75 Å². The van der Waals surface area contributed by atoms with E-state index >= 15 is 0 Å². The summed E-state index contributed by atoms with van der Waals surface area (Å²) < 4.78 is 17.2. The Hall–Kier alpha value is -3.22. The molecule has 158 valence electrons. The van der Waals surface area contributed by atoms with Gasteiger partial charge in [-0.2, -0.15) is 5.10 Å². The maximum atomic E-state index is 5.90. The second-order valence-corrected chi connectivity index (χ2v) is 8.10. The molecule has 0 spiro atoms. The average Bonchev–Trinajstić information content (AvgIpc) is 3.46. The van der Waals surface area contributed by atoms with Crippen LogP contribution in [0.1, 0.15) is 25.5 Å². The van der Waals surface area contributed by atoms with Crippen LogP contribution in [0.3, 0.4) is 0 Å². The van der Waals surface area contributed by atoms with Gasteiger partial charge in [0.1, 0.15) is 18.6 Å². The Bertz CT molecular complexity index is 1220. The molecule has 0 unspecified atom stereocenters. The topological polar surface area (TPSA) is 69.3 Å². The summed E-state index contributed by atoms with van der Waals surface area (Å²) in [6, 6.07) is 18.4. The zero-order valence-electron chi connectivity index (χ0n) is 17.8. The van der Waals surface area contributed by atoms with Crippen LogP contribution in [0.15, 0.2) is 60.8 Å². The van der Waals surface area contributed by atoms with E-state index in [2.05, 4.69) is 59.4 Å². The molecule has 3 heterocycles. The van der Waals surface area contributed by atoms with E-state index in [0.29, 0.717) is 18.4 Å². The molecule has 2 atom stereocenters. The Morgan fingerprint density at radius 1 is 1.03 bits per heavy atom. The smallest absolute Gasteiger partial charge is 0.181 e. The van der Waals surface area contributed by atoms with Crippen molar-refractivity contribution in [2.24, 2.45) is 5.92 Å². The first kappa shape index (κ1) is 19.7. The highest BCUT2D eigenvalue weighted by Gasteiger charge is 2.33. The molecule has 1 aliphatic heterocycles. The summed E-state index contributed by atoms with van der Waals surface area (Å²) >= 11 is 0. The molecular formula is C25H25N3O3. The minimum Gasteiger partial charge on any atom is -0.496 e. The summed E-state index contributed by atoms with van der Waals surface area (Å²) in [6.07, 6.45) is 1.86. The monoisotopic (exact) mass is 415 g/mol. The fourth-order valence-electron chi connectivity index (χ4n) is 4.21. The van der Waals surface area contributed by atoms with Gasteiger partial charge in [-0.1, -0.05) is 44.2 Å². The number of rotatable bonds is 5. The van der Waals surface area contributed by atoms with E-state index < -0.39 is 0 Å². The zero-order chi connectivity index (χ0) is 21.4. The van der Waals surface area contributed by atoms with E-state index in [-0.39, 0.29) is 12.2 Å². The van der Waals surface area contributed by atoms with Gasteiger partial charge in [0, 0.05) is 22.7 Å². The van der Waals surface area contributed by atoms with Crippen molar-refractivity contribution >= 4 is 11.0 Å². The lowest BCUT2D eigenvalue weighted by Crippen LogP contribution is -2.21. The van der Waals surface area contributed by atoms with Gasteiger partial charge in [0.25, 0.3) is 0 Å². The maximum absolute atomic E-state index is 5.90. The van der Waals surface area contributed by atoms with Crippen molar-refractivity contribution in [2.45, 2.75) is 26.1 Å². The van der Waals surface area contributed by atoms with E-state index in [1.54, 1.807) is 7.11 Å². The first-order valence-corrected chi connectivity index (χ1v) is 10.5. The van der Waals surface area contributed by atoms with Crippen molar-refractivity contribution in [1.82, 2.24) is 15.2 Å². The fourth-order valence-corrected chi connectivity index (χ4v) is 4.21. The normalized spacial score (nSPS) is 18.7. The number of para-hydroxylation sites is 1. The van der Waals surface area contributed by atoms with Crippen molar-refractivity contribution in [3.63, 3.8) is 0 Å². The van der Waals surface area contributed by atoms with Crippen LogP contribution < -0.4 is 4.74 Å². The molecule has 6 nitrogen and oxygen atoms in total. The van der Waals surface area contributed by atoms with Crippen molar-refractivity contribution in [2.75, 3.05) is 13.9 Å². The predicted molar refractivity (Wildman–Crippen MR) is 120 cm³/mol. The van der Waals surface area contributed by atoms with Gasteiger partial charge >= 0.3 is 0 Å². The number of benzene rings is 2. The number of nitrogens with zero attached hydrogens (tertiary/aromatic N) is 2. The highest BCUT2D eigenvalue weighted by Crippen LogP contribution is 2.37. The Morgan fingerprint density at radius 3 is 2.74 bits per heavy atom. The van der Waals surface area contributed by atoms with Gasteiger partial charge < -0.3 is 14.2 Å². The summed E-state index contributed by atoms with van der Waals surface area (Å²) in [4.78, 5) is 4.59. The van der Waals surface area contributed by atoms with Gasteiger partial charge in [-0.15, -0.1) is 0 Å². The summed E-state index contributed by atoms with van der Waals surface area (Å²) in [5, 5.41) is 8.47. The van der Waals surface area contributed by atoms with E-state index in [0.717, 1.165) is 39.1 Å². The standard InChI is InChI=1S/C25H25N3O3/c1-15(2)23-24(31-14-30-23)17-8-6-7-16(11-17)18-12-20-22(27-28-25(20)26-13-18)19-9-4-5-10-21(19)29-3/h4-13,15,23-24H,14H2,1-3H3,(H,26,27,28)/t23-,24+/m1/s1. The Labute approximate surface area is 181 Å². The summed E-state index contributed by atoms with van der Waals surface area (Å²) in [5.74, 6) is 1.17. The third-order valence-corrected chi connectivity index (χ3v) is 5.80. The van der Waals surface area contributed by atoms with Gasteiger partial charge in [-0.25, -0.2) is 4.98 Å². The highest BCUT2D eigenvalue weighted by molar-refractivity contribution is 5.94. The molecule has 5 rings (SSSR count). The molecule has 0 bridgehead atoms. The maximum Gasteiger partial charge on any atom is 0.181 e. The van der Waals surface area contributed by atoms with Crippen molar-refractivity contribution in [3.05, 3.63) is 66.4 Å². The highest BCUT2D eigenvalue weighted by atomic mass is 16.7. The van der Waals surface area contributed by atoms with Crippen LogP contribution in [0.2, 0.25) is 0 Å². The first-order valence-electron chi connectivity index (χ1n) is 10.5. The molecular weight excluding hydrogens is 390 g/mol. The van der Waals surface area contributed by atoms with Gasteiger partial charge in [0.05, 0.1) is 18.9 Å². The predicted octanol–water partition coefficient (Wildman–Crippen LogP) is 5.37. The minimum absolute atomic E-state index is 0.0573. The molecule has 0 amide bonds. The fraction of sp³-hybridized carbons (Fsp3) is 0.280. The summed E-state index contributed by atoms with van der Waals surface area (Å²) in [7, 11) is 1.67. The molecule has 31 heavy (non-hydrogen) atoms. The lowest BCUT2D eigenvalue weighted by Gasteiger charge is -2.21. The quantitative estimate of drug-likeness (QED) is 0.474. The number of aromatic amines is 1. The molecule has 1 fully saturated rings. The molecule has 1 N–H and O–H groups in total. The molecule has 0 radical (unpaired) electrons. The molecule has 0 saturated carbocycles. The minimum atomic E-state index is -0.0605. The Kier molecular flexibility index (Phi) is 5.18. The average molecular weight is 415 g/mol. The zero-order valence-corrected chi connectivity index (χ0v) is 17.8. The van der Waals surface area contributed by atoms with E-state index in [9.17, 15) is 0 Å². The molecule has 1 aliphatic rings. The van der Waals surface area contributed by atoms with Crippen LogP contribution >= 0.6 is 0 Å². The van der Waals surface area contributed by atoms with Crippen LogP contribution in [0.25, 0.3) is 33.4 Å². The lowest BCUT2D eigenvalue weighted by molar-refractivity contribution is 0.0308. The van der Waals surface area contributed by atoms with Gasteiger partial charge in [0.2, 0.25) is 0 Å². The molecule has 2 aromatic heterocycles. The van der Waals surface area contributed by atoms with Crippen LogP contribution in [-0.2, 0) is 9.47 Å². The molecule has 6 heteroatoms. The molecule has 2 aromatic carbocycles. The number of pyridine rings is 1. The van der Waals surface area contributed by atoms with E-state index in [4.69, 9.17) is 14.2 Å². The number of ether oxygens (including phenoxy) is 3. The van der Waals surface area contributed by atoms with Gasteiger partial charge in [0.15, 0.2) is 5.65 Å². The number of nitrogens with one attached hydrogen (secondary N) is 1. The van der Waals surface area contributed by atoms with Crippen molar-refractivity contribution < 1.29 is 14.2 Å². The number of methoxy groups -OCH3 is 1. The van der Waals surface area contributed by atoms with Crippen LogP contribution in [-0.4, -0.2) is 35.2 Å². The second-order valence-electron chi connectivity index (χ2n) is 8.10. The van der Waals surface area contributed by atoms with E-state index in [1.165, 1.54) is 0 Å². The largest absolute Gasteiger partial charge is 0.496 e. The van der Waals surface area contributed by atoms with Crippen LogP contribution in [0.4, 0.5) is 0 Å². The SMILES string of the molecule is COc1ccccc1-c1[nH]nc2ncc(-c3cccc([C@@H]4OCO[C@@H]4C(C)C)c3)cc12. The number of H-pyrrole nitrogens is 1. The number of aromatic nitrogens is 3. The first-order chi connectivity index (χ1) is 15.2. The van der Waals surface area contributed by atoms with Gasteiger partial charge in [-0.3, -0.25) is 5.10 Å². The van der Waals surface area contributed by atoms with Crippen LogP contribution in [0, 0.1) is 5.92 Å². The second kappa shape index (κ2) is 8.13. The third-order valence-electron chi connectivity index (χ3n) is 5.80. The third kappa shape index (κ3) is 3.58.